The molecule has 0 N–H and O–H groups in total. The lowest BCUT2D eigenvalue weighted by Gasteiger charge is -2.11. The predicted octanol–water partition coefficient (Wildman–Crippen LogP) is 5.53. The first-order valence-electron chi connectivity index (χ1n) is 7.61. The number of hydrogen-bond acceptors (Lipinski definition) is 7. The zero-order valence-electron chi connectivity index (χ0n) is 13.2. The Morgan fingerprint density at radius 2 is 1.95 bits per heavy atom. The molecule has 0 bridgehead atoms. The van der Waals surface area contributed by atoms with Gasteiger partial charge in [0.15, 0.2) is 8.68 Å². The van der Waals surface area contributed by atoms with Crippen molar-refractivity contribution in [3.05, 3.63) is 12.7 Å². The summed E-state index contributed by atoms with van der Waals surface area (Å²) in [5.41, 5.74) is 0. The van der Waals surface area contributed by atoms with Crippen LogP contribution in [0.1, 0.15) is 46.0 Å². The van der Waals surface area contributed by atoms with Crippen LogP contribution in [0, 0.1) is 0 Å². The van der Waals surface area contributed by atoms with Gasteiger partial charge in [0.25, 0.3) is 0 Å². The summed E-state index contributed by atoms with van der Waals surface area (Å²) >= 11 is 6.56. The number of unbranched alkanes of at least 4 members (excludes halogenated alkanes) is 2. The van der Waals surface area contributed by atoms with E-state index in [9.17, 15) is 4.79 Å². The molecule has 0 amide bonds. The smallest absolute Gasteiger partial charge is 0.211 e. The second-order valence-electron chi connectivity index (χ2n) is 4.75. The second kappa shape index (κ2) is 12.4. The number of hydrogen-bond donors (Lipinski definition) is 0. The Kier molecular flexibility index (Phi) is 11.3. The lowest BCUT2D eigenvalue weighted by atomic mass is 10.3. The van der Waals surface area contributed by atoms with Gasteiger partial charge in [-0.25, -0.2) is 0 Å². The highest BCUT2D eigenvalue weighted by atomic mass is 32.2. The largest absolute Gasteiger partial charge is 0.282 e. The molecule has 1 unspecified atom stereocenters. The van der Waals surface area contributed by atoms with E-state index in [1.54, 1.807) is 34.9 Å². The average molecular weight is 377 g/mol. The van der Waals surface area contributed by atoms with Gasteiger partial charge in [0.2, 0.25) is 5.12 Å². The van der Waals surface area contributed by atoms with Gasteiger partial charge in [-0.3, -0.25) is 4.79 Å². The van der Waals surface area contributed by atoms with Gasteiger partial charge in [0.1, 0.15) is 0 Å². The van der Waals surface area contributed by atoms with Crippen LogP contribution in [0.5, 0.6) is 0 Å². The van der Waals surface area contributed by atoms with Gasteiger partial charge in [0, 0.05) is 16.8 Å². The Labute approximate surface area is 150 Å². The second-order valence-corrected chi connectivity index (χ2v) is 9.64. The summed E-state index contributed by atoms with van der Waals surface area (Å²) in [5, 5.41) is 8.86. The van der Waals surface area contributed by atoms with Crippen molar-refractivity contribution in [2.45, 2.75) is 59.9 Å². The maximum absolute atomic E-state index is 11.5. The zero-order chi connectivity index (χ0) is 16.2. The van der Waals surface area contributed by atoms with Crippen molar-refractivity contribution in [3.63, 3.8) is 0 Å². The number of rotatable bonds is 12. The molecule has 0 aromatic carbocycles. The van der Waals surface area contributed by atoms with E-state index in [4.69, 9.17) is 0 Å². The quantitative estimate of drug-likeness (QED) is 0.271. The Morgan fingerprint density at radius 1 is 1.23 bits per heavy atom. The molecule has 0 fully saturated rings. The van der Waals surface area contributed by atoms with Crippen molar-refractivity contribution >= 4 is 51.7 Å². The number of nitrogens with zero attached hydrogens (tertiary/aromatic N) is 2. The van der Waals surface area contributed by atoms with Crippen LogP contribution in [0.4, 0.5) is 0 Å². The first-order chi connectivity index (χ1) is 10.7. The molecule has 0 spiro atoms. The SMILES string of the molecule is C=CC(=O)SC(CCC)CSc1nnc(SCCCCC)s1. The first-order valence-corrected chi connectivity index (χ1v) is 11.3. The van der Waals surface area contributed by atoms with Gasteiger partial charge in [0.05, 0.1) is 0 Å². The van der Waals surface area contributed by atoms with Crippen LogP contribution < -0.4 is 0 Å². The van der Waals surface area contributed by atoms with E-state index in [2.05, 4.69) is 30.6 Å². The molecule has 1 aromatic rings. The molecule has 1 atom stereocenters. The van der Waals surface area contributed by atoms with Crippen LogP contribution in [0.15, 0.2) is 21.3 Å². The standard InChI is InChI=1S/C15H24N2OS4/c1-4-7-8-10-19-14-16-17-15(22-14)20-11-12(9-5-2)21-13(18)6-3/h6,12H,3-5,7-11H2,1-2H3. The Morgan fingerprint density at radius 3 is 2.59 bits per heavy atom. The lowest BCUT2D eigenvalue weighted by Crippen LogP contribution is -2.08. The number of carbonyl (C=O) groups excluding carboxylic acids is 1. The summed E-state index contributed by atoms with van der Waals surface area (Å²) in [5.74, 6) is 2.02. The van der Waals surface area contributed by atoms with Crippen LogP contribution in [0.3, 0.4) is 0 Å². The van der Waals surface area contributed by atoms with Crippen LogP contribution in [-0.2, 0) is 4.79 Å². The van der Waals surface area contributed by atoms with Crippen molar-refractivity contribution in [1.29, 1.82) is 0 Å². The van der Waals surface area contributed by atoms with E-state index in [1.165, 1.54) is 37.1 Å². The number of thioether (sulfide) groups is 3. The highest BCUT2D eigenvalue weighted by Gasteiger charge is 2.14. The van der Waals surface area contributed by atoms with Crippen molar-refractivity contribution < 1.29 is 4.79 Å². The lowest BCUT2D eigenvalue weighted by molar-refractivity contribution is -0.107. The predicted molar refractivity (Wildman–Crippen MR) is 102 cm³/mol. The molecule has 1 aromatic heterocycles. The van der Waals surface area contributed by atoms with E-state index in [-0.39, 0.29) is 5.12 Å². The highest BCUT2D eigenvalue weighted by Crippen LogP contribution is 2.32. The van der Waals surface area contributed by atoms with Gasteiger partial charge in [-0.05, 0) is 18.9 Å². The molecule has 7 heteroatoms. The van der Waals surface area contributed by atoms with Crippen molar-refractivity contribution in [3.8, 4) is 0 Å². The van der Waals surface area contributed by atoms with Gasteiger partial charge >= 0.3 is 0 Å². The van der Waals surface area contributed by atoms with Crippen LogP contribution >= 0.6 is 46.6 Å². The molecule has 1 rings (SSSR count). The molecule has 0 saturated carbocycles. The molecular weight excluding hydrogens is 352 g/mol. The van der Waals surface area contributed by atoms with Crippen molar-refractivity contribution in [2.24, 2.45) is 0 Å². The maximum atomic E-state index is 11.5. The minimum atomic E-state index is 0.0588. The molecule has 0 saturated heterocycles. The van der Waals surface area contributed by atoms with Crippen LogP contribution in [0.2, 0.25) is 0 Å². The van der Waals surface area contributed by atoms with Gasteiger partial charge in [-0.1, -0.05) is 86.3 Å². The summed E-state index contributed by atoms with van der Waals surface area (Å²) in [7, 11) is 0. The first kappa shape index (κ1) is 20.1. The third kappa shape index (κ3) is 8.60. The molecular formula is C15H24N2OS4. The molecule has 0 aliphatic heterocycles. The number of carbonyl (C=O) groups is 1. The minimum absolute atomic E-state index is 0.0588. The normalized spacial score (nSPS) is 12.3. The van der Waals surface area contributed by atoms with Crippen molar-refractivity contribution in [2.75, 3.05) is 11.5 Å². The van der Waals surface area contributed by atoms with Crippen molar-refractivity contribution in [1.82, 2.24) is 10.2 Å². The summed E-state index contributed by atoms with van der Waals surface area (Å²) in [4.78, 5) is 11.5. The minimum Gasteiger partial charge on any atom is -0.282 e. The highest BCUT2D eigenvalue weighted by molar-refractivity contribution is 8.15. The zero-order valence-corrected chi connectivity index (χ0v) is 16.5. The molecule has 1 heterocycles. The van der Waals surface area contributed by atoms with Gasteiger partial charge in [-0.15, -0.1) is 10.2 Å². The fourth-order valence-electron chi connectivity index (χ4n) is 1.70. The maximum Gasteiger partial charge on any atom is 0.211 e. The van der Waals surface area contributed by atoms with Crippen LogP contribution in [0.25, 0.3) is 0 Å². The summed E-state index contributed by atoms with van der Waals surface area (Å²) in [6.45, 7) is 7.90. The van der Waals surface area contributed by atoms with E-state index in [0.717, 1.165) is 33.0 Å². The van der Waals surface area contributed by atoms with E-state index in [0.29, 0.717) is 5.25 Å². The fraction of sp³-hybridized carbons (Fsp3) is 0.667. The van der Waals surface area contributed by atoms with Gasteiger partial charge < -0.3 is 0 Å². The third-order valence-electron chi connectivity index (χ3n) is 2.81. The fourth-order valence-corrected chi connectivity index (χ4v) is 6.04. The van der Waals surface area contributed by atoms with E-state index in [1.807, 2.05) is 0 Å². The molecule has 0 aliphatic carbocycles. The third-order valence-corrected chi connectivity index (χ3v) is 7.60. The van der Waals surface area contributed by atoms with Gasteiger partial charge in [-0.2, -0.15) is 0 Å². The monoisotopic (exact) mass is 376 g/mol. The Balaban J connectivity index is 2.36. The topological polar surface area (TPSA) is 42.9 Å². The Bertz CT molecular complexity index is 451. The summed E-state index contributed by atoms with van der Waals surface area (Å²) in [6.07, 6.45) is 7.28. The number of aromatic nitrogens is 2. The van der Waals surface area contributed by atoms with E-state index >= 15 is 0 Å². The molecule has 0 aliphatic rings. The Hall–Kier alpha value is 0.0200. The summed E-state index contributed by atoms with van der Waals surface area (Å²) in [6, 6.07) is 0. The molecule has 22 heavy (non-hydrogen) atoms. The van der Waals surface area contributed by atoms with E-state index < -0.39 is 0 Å². The van der Waals surface area contributed by atoms with Crippen LogP contribution in [-0.4, -0.2) is 32.1 Å². The summed E-state index contributed by atoms with van der Waals surface area (Å²) < 4.78 is 2.06. The molecule has 124 valence electrons. The molecule has 0 radical (unpaired) electrons. The average Bonchev–Trinajstić information content (AvgIpc) is 2.97. The molecule has 3 nitrogen and oxygen atoms in total.